The van der Waals surface area contributed by atoms with Gasteiger partial charge in [0, 0.05) is 69.8 Å². The molecular formula is C24H33N5O3. The van der Waals surface area contributed by atoms with Crippen molar-refractivity contribution in [3.8, 4) is 0 Å². The number of anilines is 2. The fraction of sp³-hybridized carbons (Fsp3) is 0.625. The summed E-state index contributed by atoms with van der Waals surface area (Å²) in [5, 5.41) is 6.36. The topological polar surface area (TPSA) is 85.0 Å². The number of rotatable bonds is 5. The molecule has 0 unspecified atom stereocenters. The molecule has 4 fully saturated rings. The minimum absolute atomic E-state index is 0.0101. The standard InChI is InChI=1S/C24H33N5O3/c30-22(17-4-5-17)26-20-16-19(24(32)28-10-8-25-9-11-28)6-7-21(20)27-12-14-29(15-13-27)23(31)18-2-1-3-18/h6-7,16-18,25H,1-5,8-15H2,(H,26,30). The molecule has 0 radical (unpaired) electrons. The highest BCUT2D eigenvalue weighted by Crippen LogP contribution is 2.34. The van der Waals surface area contributed by atoms with E-state index in [1.165, 1.54) is 6.42 Å². The van der Waals surface area contributed by atoms with Crippen LogP contribution in [0, 0.1) is 11.8 Å². The molecule has 8 heteroatoms. The quantitative estimate of drug-likeness (QED) is 0.727. The van der Waals surface area contributed by atoms with Crippen LogP contribution in [0.2, 0.25) is 0 Å². The first-order chi connectivity index (χ1) is 15.6. The van der Waals surface area contributed by atoms with E-state index in [2.05, 4.69) is 15.5 Å². The second kappa shape index (κ2) is 9.10. The summed E-state index contributed by atoms with van der Waals surface area (Å²) in [6.45, 7) is 5.87. The summed E-state index contributed by atoms with van der Waals surface area (Å²) in [4.78, 5) is 44.3. The van der Waals surface area contributed by atoms with Crippen molar-refractivity contribution < 1.29 is 14.4 Å². The molecule has 172 valence electrons. The average molecular weight is 440 g/mol. The van der Waals surface area contributed by atoms with Gasteiger partial charge in [-0.05, 0) is 43.9 Å². The van der Waals surface area contributed by atoms with Crippen LogP contribution >= 0.6 is 0 Å². The molecule has 3 amide bonds. The molecule has 1 aromatic carbocycles. The van der Waals surface area contributed by atoms with Crippen molar-refractivity contribution in [3.05, 3.63) is 23.8 Å². The Morgan fingerprint density at radius 1 is 0.844 bits per heavy atom. The first kappa shape index (κ1) is 21.2. The van der Waals surface area contributed by atoms with Gasteiger partial charge < -0.3 is 25.3 Å². The Kier molecular flexibility index (Phi) is 6.04. The van der Waals surface area contributed by atoms with Crippen LogP contribution in [0.15, 0.2) is 18.2 Å². The summed E-state index contributed by atoms with van der Waals surface area (Å²) in [5.41, 5.74) is 2.26. The summed E-state index contributed by atoms with van der Waals surface area (Å²) in [6, 6.07) is 5.67. The third-order valence-electron chi connectivity index (χ3n) is 7.24. The lowest BCUT2D eigenvalue weighted by molar-refractivity contribution is -0.138. The van der Waals surface area contributed by atoms with Gasteiger partial charge in [0.25, 0.3) is 5.91 Å². The molecule has 2 aliphatic heterocycles. The minimum Gasteiger partial charge on any atom is -0.366 e. The Morgan fingerprint density at radius 3 is 2.19 bits per heavy atom. The molecule has 0 aromatic heterocycles. The third-order valence-corrected chi connectivity index (χ3v) is 7.24. The molecule has 4 aliphatic rings. The number of hydrogen-bond acceptors (Lipinski definition) is 5. The van der Waals surface area contributed by atoms with Crippen LogP contribution in [0.4, 0.5) is 11.4 Å². The zero-order valence-corrected chi connectivity index (χ0v) is 18.6. The molecule has 0 bridgehead atoms. The smallest absolute Gasteiger partial charge is 0.254 e. The van der Waals surface area contributed by atoms with Crippen molar-refractivity contribution in [2.45, 2.75) is 32.1 Å². The first-order valence-electron chi connectivity index (χ1n) is 12.1. The molecule has 0 spiro atoms. The largest absolute Gasteiger partial charge is 0.366 e. The summed E-state index contributed by atoms with van der Waals surface area (Å²) in [6.07, 6.45) is 5.09. The molecule has 0 atom stereocenters. The Balaban J connectivity index is 1.32. The highest BCUT2D eigenvalue weighted by Gasteiger charge is 2.33. The van der Waals surface area contributed by atoms with E-state index in [4.69, 9.17) is 0 Å². The number of carbonyl (C=O) groups excluding carboxylic acids is 3. The summed E-state index contributed by atoms with van der Waals surface area (Å²) >= 11 is 0. The van der Waals surface area contributed by atoms with Crippen molar-refractivity contribution in [1.82, 2.24) is 15.1 Å². The van der Waals surface area contributed by atoms with Gasteiger partial charge in [-0.15, -0.1) is 0 Å². The van der Waals surface area contributed by atoms with Crippen LogP contribution in [0.25, 0.3) is 0 Å². The third kappa shape index (κ3) is 4.46. The number of carbonyl (C=O) groups is 3. The van der Waals surface area contributed by atoms with E-state index in [1.807, 2.05) is 28.0 Å². The molecule has 2 saturated heterocycles. The van der Waals surface area contributed by atoms with Gasteiger partial charge in [-0.2, -0.15) is 0 Å². The van der Waals surface area contributed by atoms with Gasteiger partial charge in [-0.1, -0.05) is 6.42 Å². The number of amides is 3. The number of nitrogens with one attached hydrogen (secondary N) is 2. The van der Waals surface area contributed by atoms with Gasteiger partial charge in [-0.25, -0.2) is 0 Å². The molecule has 8 nitrogen and oxygen atoms in total. The maximum absolute atomic E-state index is 13.0. The van der Waals surface area contributed by atoms with Crippen LogP contribution in [-0.4, -0.2) is 79.9 Å². The first-order valence-corrected chi connectivity index (χ1v) is 12.1. The van der Waals surface area contributed by atoms with Crippen LogP contribution in [0.5, 0.6) is 0 Å². The molecule has 2 aliphatic carbocycles. The predicted octanol–water partition coefficient (Wildman–Crippen LogP) is 1.53. The second-order valence-corrected chi connectivity index (χ2v) is 9.48. The van der Waals surface area contributed by atoms with Gasteiger partial charge in [0.2, 0.25) is 11.8 Å². The lowest BCUT2D eigenvalue weighted by Crippen LogP contribution is -2.51. The van der Waals surface area contributed by atoms with Gasteiger partial charge >= 0.3 is 0 Å². The molecule has 2 heterocycles. The second-order valence-electron chi connectivity index (χ2n) is 9.48. The van der Waals surface area contributed by atoms with E-state index in [-0.39, 0.29) is 23.7 Å². The monoisotopic (exact) mass is 439 g/mol. The Morgan fingerprint density at radius 2 is 1.56 bits per heavy atom. The van der Waals surface area contributed by atoms with Crippen LogP contribution < -0.4 is 15.5 Å². The highest BCUT2D eigenvalue weighted by molar-refractivity contribution is 6.01. The average Bonchev–Trinajstić information content (AvgIpc) is 3.64. The zero-order chi connectivity index (χ0) is 22.1. The van der Waals surface area contributed by atoms with Crippen LogP contribution in [0.3, 0.4) is 0 Å². The number of hydrogen-bond donors (Lipinski definition) is 2. The maximum Gasteiger partial charge on any atom is 0.254 e. The normalized spacial score (nSPS) is 21.8. The predicted molar refractivity (Wildman–Crippen MR) is 123 cm³/mol. The van der Waals surface area contributed by atoms with Crippen molar-refractivity contribution in [3.63, 3.8) is 0 Å². The van der Waals surface area contributed by atoms with Crippen molar-refractivity contribution >= 4 is 29.1 Å². The summed E-state index contributed by atoms with van der Waals surface area (Å²) in [7, 11) is 0. The van der Waals surface area contributed by atoms with E-state index >= 15 is 0 Å². The lowest BCUT2D eigenvalue weighted by Gasteiger charge is -2.39. The SMILES string of the molecule is O=C(Nc1cc(C(=O)N2CCNCC2)ccc1N1CCN(C(=O)C2CCC2)CC1)C1CC1. The minimum atomic E-state index is 0.0101. The van der Waals surface area contributed by atoms with Gasteiger partial charge in [0.05, 0.1) is 11.4 Å². The number of piperazine rings is 2. The van der Waals surface area contributed by atoms with Crippen LogP contribution in [-0.2, 0) is 9.59 Å². The Bertz CT molecular complexity index is 882. The van der Waals surface area contributed by atoms with E-state index in [9.17, 15) is 14.4 Å². The van der Waals surface area contributed by atoms with E-state index < -0.39 is 0 Å². The molecule has 32 heavy (non-hydrogen) atoms. The molecule has 1 aromatic rings. The van der Waals surface area contributed by atoms with E-state index in [0.717, 1.165) is 57.5 Å². The van der Waals surface area contributed by atoms with Crippen molar-refractivity contribution in [1.29, 1.82) is 0 Å². The fourth-order valence-electron chi connectivity index (χ4n) is 4.76. The maximum atomic E-state index is 13.0. The molecule has 5 rings (SSSR count). The lowest BCUT2D eigenvalue weighted by atomic mass is 9.84. The Hall–Kier alpha value is -2.61. The fourth-order valence-corrected chi connectivity index (χ4v) is 4.76. The van der Waals surface area contributed by atoms with Crippen molar-refractivity contribution in [2.75, 3.05) is 62.6 Å². The summed E-state index contributed by atoms with van der Waals surface area (Å²) < 4.78 is 0. The van der Waals surface area contributed by atoms with E-state index in [0.29, 0.717) is 43.3 Å². The van der Waals surface area contributed by atoms with Crippen LogP contribution in [0.1, 0.15) is 42.5 Å². The molecule has 2 N–H and O–H groups in total. The summed E-state index contributed by atoms with van der Waals surface area (Å²) in [5.74, 6) is 0.667. The molecular weight excluding hydrogens is 406 g/mol. The zero-order valence-electron chi connectivity index (χ0n) is 18.6. The van der Waals surface area contributed by atoms with Gasteiger partial charge in [0.1, 0.15) is 0 Å². The van der Waals surface area contributed by atoms with Crippen molar-refractivity contribution in [2.24, 2.45) is 11.8 Å². The number of benzene rings is 1. The van der Waals surface area contributed by atoms with Gasteiger partial charge in [-0.3, -0.25) is 14.4 Å². The Labute approximate surface area is 189 Å². The highest BCUT2D eigenvalue weighted by atomic mass is 16.2. The number of nitrogens with zero attached hydrogens (tertiary/aromatic N) is 3. The van der Waals surface area contributed by atoms with Gasteiger partial charge in [0.15, 0.2) is 0 Å². The van der Waals surface area contributed by atoms with E-state index in [1.54, 1.807) is 0 Å². The molecule has 2 saturated carbocycles.